The van der Waals surface area contributed by atoms with Crippen molar-refractivity contribution in [2.24, 2.45) is 0 Å². The average Bonchev–Trinajstić information content (AvgIpc) is 2.58. The zero-order chi connectivity index (χ0) is 16.5. The second-order valence-corrected chi connectivity index (χ2v) is 6.49. The van der Waals surface area contributed by atoms with Crippen molar-refractivity contribution in [1.29, 1.82) is 0 Å². The molecule has 1 aromatic rings. The number of rotatable bonds is 8. The molecule has 1 N–H and O–H groups in total. The molecule has 5 heteroatoms. The van der Waals surface area contributed by atoms with Crippen molar-refractivity contribution < 1.29 is 9.53 Å². The maximum Gasteiger partial charge on any atom is 0.325 e. The Morgan fingerprint density at radius 2 is 2.09 bits per heavy atom. The predicted octanol–water partition coefficient (Wildman–Crippen LogP) is 3.24. The quantitative estimate of drug-likeness (QED) is 0.583. The van der Waals surface area contributed by atoms with E-state index in [4.69, 9.17) is 16.3 Å². The van der Waals surface area contributed by atoms with E-state index >= 15 is 0 Å². The first kappa shape index (κ1) is 18.2. The van der Waals surface area contributed by atoms with Crippen LogP contribution in [-0.2, 0) is 16.1 Å². The molecule has 0 amide bonds. The minimum absolute atomic E-state index is 0.136. The molecule has 1 aliphatic heterocycles. The third-order valence-electron chi connectivity index (χ3n) is 4.22. The molecule has 1 fully saturated rings. The molecule has 4 nitrogen and oxygen atoms in total. The highest BCUT2D eigenvalue weighted by atomic mass is 35.5. The number of carbonyl (C=O) groups excluding carboxylic acids is 1. The lowest BCUT2D eigenvalue weighted by Gasteiger charge is -2.34. The van der Waals surface area contributed by atoms with Gasteiger partial charge in [-0.25, -0.2) is 0 Å². The molecule has 128 valence electrons. The Morgan fingerprint density at radius 3 is 2.83 bits per heavy atom. The highest BCUT2D eigenvalue weighted by Crippen LogP contribution is 2.13. The molecule has 0 radical (unpaired) electrons. The molecule has 2 rings (SSSR count). The minimum Gasteiger partial charge on any atom is -0.460 e. The summed E-state index contributed by atoms with van der Waals surface area (Å²) in [7, 11) is 0. The summed E-state index contributed by atoms with van der Waals surface area (Å²) in [6, 6.07) is 7.23. The summed E-state index contributed by atoms with van der Waals surface area (Å²) in [5.74, 6) is -0.136. The standard InChI is InChI=1S/C18H27ClN2O2/c1-2-3-4-5-11-21-12-10-20-13-17(21)18(22)23-14-15-6-8-16(19)9-7-15/h6-9,17,20H,2-5,10-14H2,1H3. The van der Waals surface area contributed by atoms with E-state index in [1.807, 2.05) is 24.3 Å². The Labute approximate surface area is 144 Å². The van der Waals surface area contributed by atoms with Crippen LogP contribution < -0.4 is 5.32 Å². The Morgan fingerprint density at radius 1 is 1.30 bits per heavy atom. The van der Waals surface area contributed by atoms with Gasteiger partial charge in [-0.1, -0.05) is 49.9 Å². The molecule has 0 aromatic heterocycles. The fraction of sp³-hybridized carbons (Fsp3) is 0.611. The summed E-state index contributed by atoms with van der Waals surface area (Å²) < 4.78 is 5.50. The molecule has 0 saturated carbocycles. The number of nitrogens with zero attached hydrogens (tertiary/aromatic N) is 1. The number of halogens is 1. The van der Waals surface area contributed by atoms with Gasteiger partial charge >= 0.3 is 5.97 Å². The van der Waals surface area contributed by atoms with Gasteiger partial charge in [0.1, 0.15) is 12.6 Å². The second-order valence-electron chi connectivity index (χ2n) is 6.05. The largest absolute Gasteiger partial charge is 0.460 e. The van der Waals surface area contributed by atoms with Gasteiger partial charge in [0.25, 0.3) is 0 Å². The summed E-state index contributed by atoms with van der Waals surface area (Å²) in [6.45, 7) is 6.01. The lowest BCUT2D eigenvalue weighted by molar-refractivity contribution is -0.152. The van der Waals surface area contributed by atoms with Crippen molar-refractivity contribution in [1.82, 2.24) is 10.2 Å². The number of unbranched alkanes of at least 4 members (excludes halogenated alkanes) is 3. The van der Waals surface area contributed by atoms with Crippen molar-refractivity contribution in [2.75, 3.05) is 26.2 Å². The summed E-state index contributed by atoms with van der Waals surface area (Å²) in [5.41, 5.74) is 0.959. The predicted molar refractivity (Wildman–Crippen MR) is 93.6 cm³/mol. The first-order valence-electron chi connectivity index (χ1n) is 8.56. The van der Waals surface area contributed by atoms with Crippen molar-refractivity contribution in [2.45, 2.75) is 45.3 Å². The highest BCUT2D eigenvalue weighted by molar-refractivity contribution is 6.30. The van der Waals surface area contributed by atoms with Crippen molar-refractivity contribution in [3.8, 4) is 0 Å². The molecule has 23 heavy (non-hydrogen) atoms. The van der Waals surface area contributed by atoms with Gasteiger partial charge < -0.3 is 10.1 Å². The first-order valence-corrected chi connectivity index (χ1v) is 8.94. The fourth-order valence-electron chi connectivity index (χ4n) is 2.82. The number of nitrogens with one attached hydrogen (secondary N) is 1. The van der Waals surface area contributed by atoms with E-state index in [9.17, 15) is 4.79 Å². The summed E-state index contributed by atoms with van der Waals surface area (Å²) >= 11 is 5.86. The lowest BCUT2D eigenvalue weighted by atomic mass is 10.1. The fourth-order valence-corrected chi connectivity index (χ4v) is 2.95. The second kappa shape index (κ2) is 9.91. The van der Waals surface area contributed by atoms with Crippen molar-refractivity contribution >= 4 is 17.6 Å². The Balaban J connectivity index is 1.81. The third-order valence-corrected chi connectivity index (χ3v) is 4.47. The van der Waals surface area contributed by atoms with E-state index in [1.165, 1.54) is 19.3 Å². The normalized spacial score (nSPS) is 18.8. The van der Waals surface area contributed by atoms with Crippen LogP contribution in [0.5, 0.6) is 0 Å². The number of esters is 1. The molecule has 0 spiro atoms. The smallest absolute Gasteiger partial charge is 0.325 e. The van der Waals surface area contributed by atoms with E-state index in [0.717, 1.165) is 31.6 Å². The van der Waals surface area contributed by atoms with Crippen LogP contribution in [0.15, 0.2) is 24.3 Å². The molecule has 1 aromatic carbocycles. The summed E-state index contributed by atoms with van der Waals surface area (Å²) in [4.78, 5) is 14.7. The maximum absolute atomic E-state index is 12.4. The molecule has 0 bridgehead atoms. The lowest BCUT2D eigenvalue weighted by Crippen LogP contribution is -2.55. The van der Waals surface area contributed by atoms with Gasteiger partial charge in [-0.15, -0.1) is 0 Å². The monoisotopic (exact) mass is 338 g/mol. The van der Waals surface area contributed by atoms with Crippen molar-refractivity contribution in [3.63, 3.8) is 0 Å². The van der Waals surface area contributed by atoms with Gasteiger partial charge in [-0.3, -0.25) is 9.69 Å². The number of benzene rings is 1. The van der Waals surface area contributed by atoms with Gasteiger partial charge in [0.05, 0.1) is 0 Å². The van der Waals surface area contributed by atoms with E-state index in [1.54, 1.807) is 0 Å². The van der Waals surface area contributed by atoms with Gasteiger partial charge in [0.2, 0.25) is 0 Å². The van der Waals surface area contributed by atoms with Crippen LogP contribution in [0.3, 0.4) is 0 Å². The molecule has 1 atom stereocenters. The Bertz CT molecular complexity index is 478. The first-order chi connectivity index (χ1) is 11.2. The Kier molecular flexibility index (Phi) is 7.86. The van der Waals surface area contributed by atoms with E-state index < -0.39 is 0 Å². The molecule has 1 heterocycles. The molecule has 0 aliphatic carbocycles. The summed E-state index contributed by atoms with van der Waals surface area (Å²) in [6.07, 6.45) is 4.87. The zero-order valence-electron chi connectivity index (χ0n) is 13.9. The van der Waals surface area contributed by atoms with Crippen molar-refractivity contribution in [3.05, 3.63) is 34.9 Å². The van der Waals surface area contributed by atoms with Gasteiger partial charge in [-0.05, 0) is 30.7 Å². The van der Waals surface area contributed by atoms with Gasteiger partial charge in [0, 0.05) is 24.7 Å². The topological polar surface area (TPSA) is 41.6 Å². The van der Waals surface area contributed by atoms with E-state index in [2.05, 4.69) is 17.1 Å². The number of carbonyl (C=O) groups is 1. The zero-order valence-corrected chi connectivity index (χ0v) is 14.6. The minimum atomic E-state index is -0.169. The van der Waals surface area contributed by atoms with Gasteiger partial charge in [-0.2, -0.15) is 0 Å². The van der Waals surface area contributed by atoms with Crippen LogP contribution in [0.2, 0.25) is 5.02 Å². The number of hydrogen-bond acceptors (Lipinski definition) is 4. The molecule has 1 aliphatic rings. The third kappa shape index (κ3) is 6.13. The molecule has 1 saturated heterocycles. The van der Waals surface area contributed by atoms with Gasteiger partial charge in [0.15, 0.2) is 0 Å². The molecule has 1 unspecified atom stereocenters. The SMILES string of the molecule is CCCCCCN1CCNCC1C(=O)OCc1ccc(Cl)cc1. The number of piperazine rings is 1. The van der Waals surface area contributed by atoms with Crippen LogP contribution in [0.25, 0.3) is 0 Å². The number of ether oxygens (including phenoxy) is 1. The average molecular weight is 339 g/mol. The van der Waals surface area contributed by atoms with Crippen LogP contribution in [0.4, 0.5) is 0 Å². The van der Waals surface area contributed by atoms with Crippen LogP contribution in [0.1, 0.15) is 38.2 Å². The highest BCUT2D eigenvalue weighted by Gasteiger charge is 2.29. The molecular weight excluding hydrogens is 312 g/mol. The van der Waals surface area contributed by atoms with E-state index in [0.29, 0.717) is 18.2 Å². The number of hydrogen-bond donors (Lipinski definition) is 1. The Hall–Kier alpha value is -1.10. The van der Waals surface area contributed by atoms with Crippen LogP contribution >= 0.6 is 11.6 Å². The summed E-state index contributed by atoms with van der Waals surface area (Å²) in [5, 5.41) is 3.98. The van der Waals surface area contributed by atoms with Crippen LogP contribution in [0, 0.1) is 0 Å². The van der Waals surface area contributed by atoms with E-state index in [-0.39, 0.29) is 12.0 Å². The van der Waals surface area contributed by atoms with Crippen LogP contribution in [-0.4, -0.2) is 43.1 Å². The molecular formula is C18H27ClN2O2. The maximum atomic E-state index is 12.4.